The highest BCUT2D eigenvalue weighted by Crippen LogP contribution is 2.15. The Labute approximate surface area is 173 Å². The normalized spacial score (nSPS) is 16.7. The maximum atomic E-state index is 10.3. The Morgan fingerprint density at radius 3 is 2.86 bits per heavy atom. The molecule has 1 aromatic carbocycles. The Kier molecular flexibility index (Phi) is 8.43. The van der Waals surface area contributed by atoms with E-state index in [1.807, 2.05) is 30.5 Å². The van der Waals surface area contributed by atoms with Gasteiger partial charge in [0.2, 0.25) is 0 Å². The predicted molar refractivity (Wildman–Crippen MR) is 114 cm³/mol. The Morgan fingerprint density at radius 1 is 1.24 bits per heavy atom. The number of aliphatic hydroxyl groups excluding tert-OH is 2. The smallest absolute Gasteiger partial charge is 0.119 e. The first-order chi connectivity index (χ1) is 14.1. The summed E-state index contributed by atoms with van der Waals surface area (Å²) in [5.41, 5.74) is 3.51. The number of aliphatic hydroxyl groups is 2. The number of rotatable bonds is 10. The van der Waals surface area contributed by atoms with Gasteiger partial charge in [0.25, 0.3) is 0 Å². The van der Waals surface area contributed by atoms with Crippen LogP contribution in [0.25, 0.3) is 0 Å². The van der Waals surface area contributed by atoms with Crippen molar-refractivity contribution in [3.8, 4) is 5.75 Å². The average Bonchev–Trinajstić information content (AvgIpc) is 2.73. The number of ether oxygens (including phenoxy) is 1. The number of aryl methyl sites for hydroxylation is 1. The lowest BCUT2D eigenvalue weighted by atomic mass is 10.1. The SMILES string of the molecule is Cc1cccnc1CCNCc1cccc(OCC(O)CN2CCC(O)CC2)c1. The van der Waals surface area contributed by atoms with Gasteiger partial charge in [-0.15, -0.1) is 0 Å². The predicted octanol–water partition coefficient (Wildman–Crippen LogP) is 1.92. The van der Waals surface area contributed by atoms with Gasteiger partial charge in [0.05, 0.1) is 6.10 Å². The molecule has 6 nitrogen and oxygen atoms in total. The molecule has 6 heteroatoms. The molecular weight excluding hydrogens is 366 g/mol. The van der Waals surface area contributed by atoms with E-state index < -0.39 is 6.10 Å². The van der Waals surface area contributed by atoms with Crippen LogP contribution in [0.4, 0.5) is 0 Å². The lowest BCUT2D eigenvalue weighted by molar-refractivity contribution is 0.0337. The number of nitrogens with zero attached hydrogens (tertiary/aromatic N) is 2. The van der Waals surface area contributed by atoms with Gasteiger partial charge in [-0.1, -0.05) is 18.2 Å². The quantitative estimate of drug-likeness (QED) is 0.530. The van der Waals surface area contributed by atoms with Crippen LogP contribution in [-0.2, 0) is 13.0 Å². The number of likely N-dealkylation sites (tertiary alicyclic amines) is 1. The van der Waals surface area contributed by atoms with Gasteiger partial charge in [-0.05, 0) is 49.1 Å². The summed E-state index contributed by atoms with van der Waals surface area (Å²) in [4.78, 5) is 6.61. The highest BCUT2D eigenvalue weighted by molar-refractivity contribution is 5.28. The van der Waals surface area contributed by atoms with Crippen molar-refractivity contribution in [3.05, 3.63) is 59.4 Å². The van der Waals surface area contributed by atoms with E-state index in [-0.39, 0.29) is 12.7 Å². The van der Waals surface area contributed by atoms with Crippen molar-refractivity contribution < 1.29 is 14.9 Å². The van der Waals surface area contributed by atoms with Crippen molar-refractivity contribution in [2.45, 2.75) is 44.9 Å². The molecule has 3 rings (SSSR count). The third-order valence-electron chi connectivity index (χ3n) is 5.35. The average molecular weight is 400 g/mol. The van der Waals surface area contributed by atoms with Crippen LogP contribution >= 0.6 is 0 Å². The van der Waals surface area contributed by atoms with Crippen molar-refractivity contribution in [2.24, 2.45) is 0 Å². The van der Waals surface area contributed by atoms with E-state index in [0.29, 0.717) is 6.54 Å². The van der Waals surface area contributed by atoms with Crippen molar-refractivity contribution in [1.82, 2.24) is 15.2 Å². The first-order valence-electron chi connectivity index (χ1n) is 10.5. The van der Waals surface area contributed by atoms with Crippen LogP contribution < -0.4 is 10.1 Å². The summed E-state index contributed by atoms with van der Waals surface area (Å²) in [6, 6.07) is 12.0. The number of β-amino-alcohol motifs (C(OH)–C–C–N with tert-alkyl or cyclic N) is 1. The second-order valence-corrected chi connectivity index (χ2v) is 7.84. The molecule has 0 bridgehead atoms. The van der Waals surface area contributed by atoms with Crippen LogP contribution in [0.5, 0.6) is 5.75 Å². The largest absolute Gasteiger partial charge is 0.491 e. The summed E-state index contributed by atoms with van der Waals surface area (Å²) >= 11 is 0. The molecular formula is C23H33N3O3. The zero-order chi connectivity index (χ0) is 20.5. The summed E-state index contributed by atoms with van der Waals surface area (Å²) < 4.78 is 5.80. The minimum absolute atomic E-state index is 0.191. The molecule has 0 saturated carbocycles. The number of nitrogens with one attached hydrogen (secondary N) is 1. The number of pyridine rings is 1. The van der Waals surface area contributed by atoms with Crippen LogP contribution in [0.15, 0.2) is 42.6 Å². The first-order valence-corrected chi connectivity index (χ1v) is 10.5. The van der Waals surface area contributed by atoms with E-state index >= 15 is 0 Å². The number of hydrogen-bond acceptors (Lipinski definition) is 6. The van der Waals surface area contributed by atoms with E-state index in [4.69, 9.17) is 4.74 Å². The van der Waals surface area contributed by atoms with Gasteiger partial charge in [-0.3, -0.25) is 4.98 Å². The molecule has 0 amide bonds. The molecule has 2 aromatic rings. The van der Waals surface area contributed by atoms with Crippen molar-refractivity contribution in [2.75, 3.05) is 32.8 Å². The molecule has 1 unspecified atom stereocenters. The number of piperidine rings is 1. The van der Waals surface area contributed by atoms with E-state index in [1.54, 1.807) is 0 Å². The van der Waals surface area contributed by atoms with Gasteiger partial charge >= 0.3 is 0 Å². The summed E-state index contributed by atoms with van der Waals surface area (Å²) in [5, 5.41) is 23.3. The zero-order valence-corrected chi connectivity index (χ0v) is 17.3. The molecule has 0 spiro atoms. The highest BCUT2D eigenvalue weighted by Gasteiger charge is 2.19. The number of benzene rings is 1. The Hall–Kier alpha value is -1.99. The van der Waals surface area contributed by atoms with Crippen molar-refractivity contribution in [3.63, 3.8) is 0 Å². The van der Waals surface area contributed by atoms with Crippen molar-refractivity contribution in [1.29, 1.82) is 0 Å². The van der Waals surface area contributed by atoms with E-state index in [1.165, 1.54) is 5.56 Å². The molecule has 0 aliphatic carbocycles. The Bertz CT molecular complexity index is 748. The lowest BCUT2D eigenvalue weighted by Gasteiger charge is -2.30. The molecule has 0 radical (unpaired) electrons. The molecule has 1 aliphatic rings. The fourth-order valence-corrected chi connectivity index (χ4v) is 3.61. The van der Waals surface area contributed by atoms with Gasteiger partial charge in [0.15, 0.2) is 0 Å². The number of aromatic nitrogens is 1. The Balaban J connectivity index is 1.37. The van der Waals surface area contributed by atoms with Crippen molar-refractivity contribution >= 4 is 0 Å². The maximum Gasteiger partial charge on any atom is 0.119 e. The van der Waals surface area contributed by atoms with Crippen LogP contribution in [0.2, 0.25) is 0 Å². The second-order valence-electron chi connectivity index (χ2n) is 7.84. The molecule has 1 atom stereocenters. The standard InChI is InChI=1S/C23H33N3O3/c1-18-4-3-10-25-23(18)7-11-24-15-19-5-2-6-22(14-19)29-17-21(28)16-26-12-8-20(27)9-13-26/h2-6,10,14,20-21,24,27-28H,7-9,11-13,15-17H2,1H3. The van der Waals surface area contributed by atoms with E-state index in [0.717, 1.165) is 62.4 Å². The van der Waals surface area contributed by atoms with Crippen LogP contribution in [0.1, 0.15) is 29.7 Å². The molecule has 2 heterocycles. The minimum atomic E-state index is -0.534. The maximum absolute atomic E-state index is 10.3. The molecule has 1 aliphatic heterocycles. The molecule has 1 aromatic heterocycles. The van der Waals surface area contributed by atoms with Crippen LogP contribution in [0.3, 0.4) is 0 Å². The van der Waals surface area contributed by atoms with Crippen LogP contribution in [-0.4, -0.2) is 65.1 Å². The highest BCUT2D eigenvalue weighted by atomic mass is 16.5. The summed E-state index contributed by atoms with van der Waals surface area (Å²) in [6.45, 7) is 6.24. The summed E-state index contributed by atoms with van der Waals surface area (Å²) in [5.74, 6) is 0.776. The van der Waals surface area contributed by atoms with Gasteiger partial charge in [0, 0.05) is 51.0 Å². The Morgan fingerprint density at radius 2 is 2.07 bits per heavy atom. The molecule has 3 N–H and O–H groups in total. The lowest BCUT2D eigenvalue weighted by Crippen LogP contribution is -2.41. The van der Waals surface area contributed by atoms with Gasteiger partial charge in [-0.25, -0.2) is 0 Å². The van der Waals surface area contributed by atoms with Gasteiger partial charge < -0.3 is 25.2 Å². The van der Waals surface area contributed by atoms with E-state index in [2.05, 4.69) is 34.3 Å². The molecule has 158 valence electrons. The summed E-state index contributed by atoms with van der Waals surface area (Å²) in [6.07, 6.45) is 3.58. The van der Waals surface area contributed by atoms with Gasteiger partial charge in [0.1, 0.15) is 18.5 Å². The molecule has 1 fully saturated rings. The topological polar surface area (TPSA) is 77.9 Å². The van der Waals surface area contributed by atoms with Crippen LogP contribution in [0, 0.1) is 6.92 Å². The molecule has 1 saturated heterocycles. The third-order valence-corrected chi connectivity index (χ3v) is 5.35. The minimum Gasteiger partial charge on any atom is -0.491 e. The second kappa shape index (κ2) is 11.3. The van der Waals surface area contributed by atoms with E-state index in [9.17, 15) is 10.2 Å². The first kappa shape index (κ1) is 21.7. The number of hydrogen-bond donors (Lipinski definition) is 3. The fraction of sp³-hybridized carbons (Fsp3) is 0.522. The summed E-state index contributed by atoms with van der Waals surface area (Å²) in [7, 11) is 0. The molecule has 29 heavy (non-hydrogen) atoms. The fourth-order valence-electron chi connectivity index (χ4n) is 3.61. The third kappa shape index (κ3) is 7.40. The van der Waals surface area contributed by atoms with Gasteiger partial charge in [-0.2, -0.15) is 0 Å². The monoisotopic (exact) mass is 399 g/mol. The zero-order valence-electron chi connectivity index (χ0n) is 17.3.